The SMILES string of the molecule is Cc1ccccc1C(C(=O)O)c1ncnn1C. The monoisotopic (exact) mass is 231 g/mol. The summed E-state index contributed by atoms with van der Waals surface area (Å²) in [6, 6.07) is 7.41. The minimum absolute atomic E-state index is 0.437. The first-order valence-corrected chi connectivity index (χ1v) is 5.23. The fraction of sp³-hybridized carbons (Fsp3) is 0.250. The lowest BCUT2D eigenvalue weighted by Crippen LogP contribution is -2.18. The van der Waals surface area contributed by atoms with E-state index in [2.05, 4.69) is 10.1 Å². The first-order chi connectivity index (χ1) is 8.11. The van der Waals surface area contributed by atoms with Crippen LogP contribution in [0.15, 0.2) is 30.6 Å². The smallest absolute Gasteiger partial charge is 0.318 e. The lowest BCUT2D eigenvalue weighted by molar-refractivity contribution is -0.138. The number of rotatable bonds is 3. The molecule has 0 saturated heterocycles. The second-order valence-corrected chi connectivity index (χ2v) is 3.87. The number of aromatic nitrogens is 3. The highest BCUT2D eigenvalue weighted by Gasteiger charge is 2.27. The minimum Gasteiger partial charge on any atom is -0.480 e. The number of nitrogens with zero attached hydrogens (tertiary/aromatic N) is 3. The van der Waals surface area contributed by atoms with Crippen LogP contribution >= 0.6 is 0 Å². The van der Waals surface area contributed by atoms with Crippen LogP contribution in [0.2, 0.25) is 0 Å². The fourth-order valence-corrected chi connectivity index (χ4v) is 1.86. The van der Waals surface area contributed by atoms with Crippen molar-refractivity contribution in [3.8, 4) is 0 Å². The van der Waals surface area contributed by atoms with Crippen molar-refractivity contribution in [3.63, 3.8) is 0 Å². The van der Waals surface area contributed by atoms with Gasteiger partial charge in [-0.1, -0.05) is 24.3 Å². The third-order valence-electron chi connectivity index (χ3n) is 2.75. The van der Waals surface area contributed by atoms with Gasteiger partial charge in [-0.25, -0.2) is 4.98 Å². The second-order valence-electron chi connectivity index (χ2n) is 3.87. The summed E-state index contributed by atoms with van der Waals surface area (Å²) in [5.74, 6) is -1.26. The average Bonchev–Trinajstić information content (AvgIpc) is 2.68. The van der Waals surface area contributed by atoms with Gasteiger partial charge in [-0.3, -0.25) is 9.48 Å². The van der Waals surface area contributed by atoms with Gasteiger partial charge in [-0.2, -0.15) is 5.10 Å². The molecule has 1 atom stereocenters. The maximum atomic E-state index is 11.4. The number of benzene rings is 1. The zero-order valence-electron chi connectivity index (χ0n) is 9.66. The summed E-state index contributed by atoms with van der Waals surface area (Å²) < 4.78 is 1.49. The molecule has 0 saturated carbocycles. The molecule has 88 valence electrons. The summed E-state index contributed by atoms with van der Waals surface area (Å²) in [7, 11) is 1.69. The minimum atomic E-state index is -0.921. The zero-order chi connectivity index (χ0) is 12.4. The number of hydrogen-bond donors (Lipinski definition) is 1. The average molecular weight is 231 g/mol. The Labute approximate surface area is 98.7 Å². The standard InChI is InChI=1S/C12H13N3O2/c1-8-5-3-4-6-9(8)10(12(16)17)11-13-7-14-15(11)2/h3-7,10H,1-2H3,(H,16,17). The molecule has 5 heteroatoms. The molecule has 0 aliphatic rings. The van der Waals surface area contributed by atoms with E-state index in [-0.39, 0.29) is 0 Å². The van der Waals surface area contributed by atoms with Crippen LogP contribution in [0.1, 0.15) is 22.9 Å². The fourth-order valence-electron chi connectivity index (χ4n) is 1.86. The molecule has 0 fully saturated rings. The van der Waals surface area contributed by atoms with Gasteiger partial charge in [-0.15, -0.1) is 0 Å². The molecular formula is C12H13N3O2. The Bertz CT molecular complexity index is 548. The van der Waals surface area contributed by atoms with E-state index in [1.54, 1.807) is 7.05 Å². The Morgan fingerprint density at radius 2 is 2.12 bits per heavy atom. The molecule has 1 unspecified atom stereocenters. The molecule has 2 aromatic rings. The van der Waals surface area contributed by atoms with E-state index in [0.29, 0.717) is 5.82 Å². The highest BCUT2D eigenvalue weighted by molar-refractivity contribution is 5.79. The molecule has 0 amide bonds. The van der Waals surface area contributed by atoms with Gasteiger partial charge in [-0.05, 0) is 18.1 Å². The topological polar surface area (TPSA) is 68.0 Å². The Morgan fingerprint density at radius 1 is 1.41 bits per heavy atom. The predicted molar refractivity (Wildman–Crippen MR) is 61.7 cm³/mol. The summed E-state index contributed by atoms with van der Waals surface area (Å²) >= 11 is 0. The molecule has 0 spiro atoms. The quantitative estimate of drug-likeness (QED) is 0.865. The van der Waals surface area contributed by atoms with Gasteiger partial charge in [0.05, 0.1) is 0 Å². The lowest BCUT2D eigenvalue weighted by Gasteiger charge is -2.14. The first kappa shape index (κ1) is 11.3. The molecule has 0 aliphatic heterocycles. The number of carboxylic acid groups (broad SMARTS) is 1. The van der Waals surface area contributed by atoms with Crippen LogP contribution in [-0.4, -0.2) is 25.8 Å². The molecule has 0 bridgehead atoms. The second kappa shape index (κ2) is 4.37. The van der Waals surface area contributed by atoms with Crippen molar-refractivity contribution < 1.29 is 9.90 Å². The normalized spacial score (nSPS) is 12.4. The van der Waals surface area contributed by atoms with Gasteiger partial charge in [0.1, 0.15) is 18.1 Å². The van der Waals surface area contributed by atoms with Crippen LogP contribution in [0, 0.1) is 6.92 Å². The molecule has 1 aromatic heterocycles. The molecule has 5 nitrogen and oxygen atoms in total. The maximum absolute atomic E-state index is 11.4. The van der Waals surface area contributed by atoms with Crippen LogP contribution in [0.25, 0.3) is 0 Å². The lowest BCUT2D eigenvalue weighted by atomic mass is 9.94. The Hall–Kier alpha value is -2.17. The highest BCUT2D eigenvalue weighted by atomic mass is 16.4. The van der Waals surface area contributed by atoms with Crippen molar-refractivity contribution in [1.29, 1.82) is 0 Å². The molecule has 1 N–H and O–H groups in total. The predicted octanol–water partition coefficient (Wildman–Crippen LogP) is 1.34. The van der Waals surface area contributed by atoms with Crippen molar-refractivity contribution in [1.82, 2.24) is 14.8 Å². The van der Waals surface area contributed by atoms with Crippen LogP contribution < -0.4 is 0 Å². The van der Waals surface area contributed by atoms with Gasteiger partial charge < -0.3 is 5.11 Å². The van der Waals surface area contributed by atoms with Gasteiger partial charge >= 0.3 is 5.97 Å². The summed E-state index contributed by atoms with van der Waals surface area (Å²) in [4.78, 5) is 15.4. The third-order valence-corrected chi connectivity index (χ3v) is 2.75. The van der Waals surface area contributed by atoms with Crippen LogP contribution in [0.3, 0.4) is 0 Å². The Morgan fingerprint density at radius 3 is 2.65 bits per heavy atom. The van der Waals surface area contributed by atoms with Gasteiger partial charge in [0.15, 0.2) is 0 Å². The number of carbonyl (C=O) groups is 1. The largest absolute Gasteiger partial charge is 0.480 e. The molecule has 1 aromatic carbocycles. The van der Waals surface area contributed by atoms with Crippen LogP contribution in [0.5, 0.6) is 0 Å². The van der Waals surface area contributed by atoms with E-state index < -0.39 is 11.9 Å². The maximum Gasteiger partial charge on any atom is 0.318 e. The van der Waals surface area contributed by atoms with E-state index in [1.807, 2.05) is 31.2 Å². The van der Waals surface area contributed by atoms with Crippen LogP contribution in [0.4, 0.5) is 0 Å². The number of hydrogen-bond acceptors (Lipinski definition) is 3. The summed E-state index contributed by atoms with van der Waals surface area (Å²) in [6.45, 7) is 1.89. The van der Waals surface area contributed by atoms with Crippen molar-refractivity contribution in [3.05, 3.63) is 47.5 Å². The molecule has 0 radical (unpaired) electrons. The summed E-state index contributed by atoms with van der Waals surface area (Å²) in [5, 5.41) is 13.3. The first-order valence-electron chi connectivity index (χ1n) is 5.23. The van der Waals surface area contributed by atoms with Crippen molar-refractivity contribution in [2.75, 3.05) is 0 Å². The molecule has 17 heavy (non-hydrogen) atoms. The summed E-state index contributed by atoms with van der Waals surface area (Å²) in [6.07, 6.45) is 1.36. The van der Waals surface area contributed by atoms with Crippen molar-refractivity contribution in [2.24, 2.45) is 7.05 Å². The Balaban J connectivity index is 2.55. The van der Waals surface area contributed by atoms with Crippen molar-refractivity contribution in [2.45, 2.75) is 12.8 Å². The van der Waals surface area contributed by atoms with Gasteiger partial charge in [0.25, 0.3) is 0 Å². The van der Waals surface area contributed by atoms with E-state index >= 15 is 0 Å². The van der Waals surface area contributed by atoms with E-state index in [4.69, 9.17) is 0 Å². The van der Waals surface area contributed by atoms with E-state index in [1.165, 1.54) is 11.0 Å². The van der Waals surface area contributed by atoms with Crippen molar-refractivity contribution >= 4 is 5.97 Å². The van der Waals surface area contributed by atoms with Crippen LogP contribution in [-0.2, 0) is 11.8 Å². The number of aryl methyl sites for hydroxylation is 2. The van der Waals surface area contributed by atoms with E-state index in [9.17, 15) is 9.90 Å². The molecule has 2 rings (SSSR count). The third kappa shape index (κ3) is 2.04. The Kier molecular flexibility index (Phi) is 2.91. The molecule has 0 aliphatic carbocycles. The summed E-state index contributed by atoms with van der Waals surface area (Å²) in [5.41, 5.74) is 1.68. The zero-order valence-corrected chi connectivity index (χ0v) is 9.66. The number of carboxylic acids is 1. The van der Waals surface area contributed by atoms with E-state index in [0.717, 1.165) is 11.1 Å². The van der Waals surface area contributed by atoms with Gasteiger partial charge in [0.2, 0.25) is 0 Å². The molecular weight excluding hydrogens is 218 g/mol. The van der Waals surface area contributed by atoms with Gasteiger partial charge in [0, 0.05) is 7.05 Å². The number of aliphatic carboxylic acids is 1. The highest BCUT2D eigenvalue weighted by Crippen LogP contribution is 2.25. The molecule has 1 heterocycles.